The number of hydrogen-bond donors (Lipinski definition) is 1. The van der Waals surface area contributed by atoms with Gasteiger partial charge in [0.2, 0.25) is 15.9 Å². The normalized spacial score (nSPS) is 14.8. The number of nitro benzene ring substituents is 1. The standard InChI is InChI=1S/C23H29N3O6S/c1-3-32-19-12-14-20(15-13-19)33(30,31)25(18-8-5-4-6-9-18)16-23(27)24-21-10-7-11-22(17(21)2)26(28)29/h7,10-15,18H,3-6,8-9,16H2,1-2H3,(H,24,27). The van der Waals surface area contributed by atoms with Crippen LogP contribution in [-0.4, -0.2) is 42.7 Å². The van der Waals surface area contributed by atoms with E-state index in [0.29, 0.717) is 30.8 Å². The van der Waals surface area contributed by atoms with Gasteiger partial charge in [-0.1, -0.05) is 25.3 Å². The summed E-state index contributed by atoms with van der Waals surface area (Å²) in [6.07, 6.45) is 4.18. The second kappa shape index (κ2) is 10.8. The molecule has 9 nitrogen and oxygen atoms in total. The molecule has 1 fully saturated rings. The monoisotopic (exact) mass is 475 g/mol. The summed E-state index contributed by atoms with van der Waals surface area (Å²) in [7, 11) is -3.94. The van der Waals surface area contributed by atoms with E-state index in [1.807, 2.05) is 6.92 Å². The Bertz CT molecular complexity index is 1100. The van der Waals surface area contributed by atoms with Crippen LogP contribution in [0.25, 0.3) is 0 Å². The first-order valence-corrected chi connectivity index (χ1v) is 12.5. The number of nitrogens with one attached hydrogen (secondary N) is 1. The third-order valence-corrected chi connectivity index (χ3v) is 7.71. The molecule has 0 unspecified atom stereocenters. The van der Waals surface area contributed by atoms with Gasteiger partial charge >= 0.3 is 0 Å². The lowest BCUT2D eigenvalue weighted by Gasteiger charge is -2.33. The van der Waals surface area contributed by atoms with Gasteiger partial charge in [-0.3, -0.25) is 14.9 Å². The van der Waals surface area contributed by atoms with E-state index in [4.69, 9.17) is 4.74 Å². The largest absolute Gasteiger partial charge is 0.494 e. The van der Waals surface area contributed by atoms with Crippen molar-refractivity contribution < 1.29 is 22.9 Å². The number of benzene rings is 2. The fraction of sp³-hybridized carbons (Fsp3) is 0.435. The maximum Gasteiger partial charge on any atom is 0.274 e. The number of anilines is 1. The number of carbonyl (C=O) groups excluding carboxylic acids is 1. The Kier molecular flexibility index (Phi) is 8.04. The van der Waals surface area contributed by atoms with Gasteiger partial charge in [0.1, 0.15) is 5.75 Å². The molecule has 178 valence electrons. The lowest BCUT2D eigenvalue weighted by molar-refractivity contribution is -0.385. The summed E-state index contributed by atoms with van der Waals surface area (Å²) >= 11 is 0. The summed E-state index contributed by atoms with van der Waals surface area (Å²) in [5, 5.41) is 13.8. The zero-order chi connectivity index (χ0) is 24.0. The SMILES string of the molecule is CCOc1ccc(S(=O)(=O)N(CC(=O)Nc2cccc([N+](=O)[O-])c2C)C2CCCCC2)cc1. The minimum Gasteiger partial charge on any atom is -0.494 e. The maximum atomic E-state index is 13.5. The predicted octanol–water partition coefficient (Wildman–Crippen LogP) is 4.26. The van der Waals surface area contributed by atoms with E-state index < -0.39 is 20.9 Å². The van der Waals surface area contributed by atoms with Crippen LogP contribution >= 0.6 is 0 Å². The first kappa shape index (κ1) is 24.7. The van der Waals surface area contributed by atoms with Gasteiger partial charge < -0.3 is 10.1 Å². The number of nitrogens with zero attached hydrogens (tertiary/aromatic N) is 2. The van der Waals surface area contributed by atoms with Gasteiger partial charge in [-0.15, -0.1) is 0 Å². The van der Waals surface area contributed by atoms with Crippen LogP contribution in [0.5, 0.6) is 5.75 Å². The highest BCUT2D eigenvalue weighted by Gasteiger charge is 2.34. The quantitative estimate of drug-likeness (QED) is 0.427. The molecule has 1 aliphatic carbocycles. The van der Waals surface area contributed by atoms with Crippen molar-refractivity contribution in [1.29, 1.82) is 0 Å². The number of rotatable bonds is 9. The van der Waals surface area contributed by atoms with Gasteiger partial charge in [0.25, 0.3) is 5.69 Å². The summed E-state index contributed by atoms with van der Waals surface area (Å²) in [6, 6.07) is 10.3. The lowest BCUT2D eigenvalue weighted by atomic mass is 9.95. The molecule has 0 aromatic heterocycles. The molecule has 1 saturated carbocycles. The number of sulfonamides is 1. The molecule has 1 N–H and O–H groups in total. The van der Waals surface area contributed by atoms with Crippen molar-refractivity contribution >= 4 is 27.3 Å². The number of ether oxygens (including phenoxy) is 1. The first-order chi connectivity index (χ1) is 15.7. The Hall–Kier alpha value is -2.98. The van der Waals surface area contributed by atoms with Gasteiger partial charge in [-0.25, -0.2) is 8.42 Å². The molecule has 10 heteroatoms. The Balaban J connectivity index is 1.86. The highest BCUT2D eigenvalue weighted by molar-refractivity contribution is 7.89. The maximum absolute atomic E-state index is 13.5. The topological polar surface area (TPSA) is 119 Å². The molecule has 0 aliphatic heterocycles. The van der Waals surface area contributed by atoms with Gasteiger partial charge in [-0.05, 0) is 57.0 Å². The lowest BCUT2D eigenvalue weighted by Crippen LogP contribution is -2.45. The number of hydrogen-bond acceptors (Lipinski definition) is 6. The molecule has 0 bridgehead atoms. The Morgan fingerprint density at radius 1 is 1.15 bits per heavy atom. The average Bonchev–Trinajstić information content (AvgIpc) is 2.80. The molecule has 2 aromatic carbocycles. The molecule has 33 heavy (non-hydrogen) atoms. The van der Waals surface area contributed by atoms with Crippen LogP contribution in [0, 0.1) is 17.0 Å². The summed E-state index contributed by atoms with van der Waals surface area (Å²) in [5.74, 6) is 0.0261. The van der Waals surface area contributed by atoms with E-state index >= 15 is 0 Å². The smallest absolute Gasteiger partial charge is 0.274 e. The summed E-state index contributed by atoms with van der Waals surface area (Å²) in [5.41, 5.74) is 0.490. The third-order valence-electron chi connectivity index (χ3n) is 5.80. The summed E-state index contributed by atoms with van der Waals surface area (Å²) < 4.78 is 33.7. The van der Waals surface area contributed by atoms with Crippen LogP contribution < -0.4 is 10.1 Å². The van der Waals surface area contributed by atoms with Crippen molar-refractivity contribution in [1.82, 2.24) is 4.31 Å². The molecule has 0 atom stereocenters. The van der Waals surface area contributed by atoms with E-state index in [2.05, 4.69) is 5.32 Å². The minimum absolute atomic E-state index is 0.0934. The van der Waals surface area contributed by atoms with Crippen LogP contribution in [0.15, 0.2) is 47.4 Å². The van der Waals surface area contributed by atoms with E-state index in [-0.39, 0.29) is 28.9 Å². The molecule has 0 saturated heterocycles. The third kappa shape index (κ3) is 5.88. The van der Waals surface area contributed by atoms with Crippen molar-refractivity contribution in [2.24, 2.45) is 0 Å². The van der Waals surface area contributed by atoms with Crippen molar-refractivity contribution in [3.8, 4) is 5.75 Å². The highest BCUT2D eigenvalue weighted by Crippen LogP contribution is 2.29. The van der Waals surface area contributed by atoms with Crippen LogP contribution in [0.3, 0.4) is 0 Å². The first-order valence-electron chi connectivity index (χ1n) is 11.0. The molecule has 1 aliphatic rings. The van der Waals surface area contributed by atoms with Crippen LogP contribution in [0.2, 0.25) is 0 Å². The Morgan fingerprint density at radius 2 is 1.82 bits per heavy atom. The zero-order valence-corrected chi connectivity index (χ0v) is 19.6. The number of amides is 1. The fourth-order valence-electron chi connectivity index (χ4n) is 4.08. The van der Waals surface area contributed by atoms with Crippen LogP contribution in [-0.2, 0) is 14.8 Å². The minimum atomic E-state index is -3.94. The fourth-order valence-corrected chi connectivity index (χ4v) is 5.72. The number of carbonyl (C=O) groups is 1. The Morgan fingerprint density at radius 3 is 2.42 bits per heavy atom. The van der Waals surface area contributed by atoms with Crippen LogP contribution in [0.4, 0.5) is 11.4 Å². The summed E-state index contributed by atoms with van der Waals surface area (Å²) in [6.45, 7) is 3.49. The van der Waals surface area contributed by atoms with E-state index in [1.54, 1.807) is 25.1 Å². The van der Waals surface area contributed by atoms with Gasteiger partial charge in [0.05, 0.1) is 34.2 Å². The molecule has 1 amide bonds. The van der Waals surface area contributed by atoms with Crippen molar-refractivity contribution in [2.45, 2.75) is 56.9 Å². The molecule has 0 radical (unpaired) electrons. The second-order valence-corrected chi connectivity index (χ2v) is 9.89. The van der Waals surface area contributed by atoms with Crippen molar-refractivity contribution in [3.05, 3.63) is 58.1 Å². The van der Waals surface area contributed by atoms with Crippen molar-refractivity contribution in [3.63, 3.8) is 0 Å². The second-order valence-electron chi connectivity index (χ2n) is 8.00. The predicted molar refractivity (Wildman–Crippen MR) is 125 cm³/mol. The highest BCUT2D eigenvalue weighted by atomic mass is 32.2. The van der Waals surface area contributed by atoms with Gasteiger partial charge in [0, 0.05) is 12.1 Å². The molecule has 0 spiro atoms. The Labute approximate surface area is 193 Å². The van der Waals surface area contributed by atoms with E-state index in [1.165, 1.54) is 28.6 Å². The zero-order valence-electron chi connectivity index (χ0n) is 18.8. The van der Waals surface area contributed by atoms with E-state index in [0.717, 1.165) is 19.3 Å². The van der Waals surface area contributed by atoms with Crippen molar-refractivity contribution in [2.75, 3.05) is 18.5 Å². The number of nitro groups is 1. The van der Waals surface area contributed by atoms with Gasteiger partial charge in [-0.2, -0.15) is 4.31 Å². The van der Waals surface area contributed by atoms with Gasteiger partial charge in [0.15, 0.2) is 0 Å². The summed E-state index contributed by atoms with van der Waals surface area (Å²) in [4.78, 5) is 23.7. The molecular weight excluding hydrogens is 446 g/mol. The molecular formula is C23H29N3O6S. The van der Waals surface area contributed by atoms with Crippen LogP contribution in [0.1, 0.15) is 44.6 Å². The molecule has 3 rings (SSSR count). The average molecular weight is 476 g/mol. The van der Waals surface area contributed by atoms with E-state index in [9.17, 15) is 23.3 Å². The molecule has 2 aromatic rings. The molecule has 0 heterocycles.